The minimum atomic E-state index is 0.814. The summed E-state index contributed by atoms with van der Waals surface area (Å²) < 4.78 is 0. The monoisotopic (exact) mass is 166 g/mol. The summed E-state index contributed by atoms with van der Waals surface area (Å²) in [5, 5.41) is 1.74. The zero-order chi connectivity index (χ0) is 8.97. The Morgan fingerprint density at radius 3 is 2.25 bits per heavy atom. The fourth-order valence-electron chi connectivity index (χ4n) is 0.750. The fourth-order valence-corrected chi connectivity index (χ4v) is 0.750. The van der Waals surface area contributed by atoms with Crippen LogP contribution in [0.25, 0.3) is 0 Å². The minimum absolute atomic E-state index is 0.814. The molecule has 0 atom stereocenters. The number of aryl methyl sites for hydroxylation is 1. The maximum Gasteiger partial charge on any atom is 0.149 e. The molecule has 0 radical (unpaired) electrons. The Hall–Kier alpha value is -1.06. The lowest BCUT2D eigenvalue weighted by molar-refractivity contribution is 0.0433. The van der Waals surface area contributed by atoms with Crippen LogP contribution in [0.15, 0.2) is 24.3 Å². The predicted octanol–water partition coefficient (Wildman–Crippen LogP) is 1.36. The average molecular weight is 166 g/mol. The first-order valence-corrected chi connectivity index (χ1v) is 3.85. The third-order valence-corrected chi connectivity index (χ3v) is 1.37. The van der Waals surface area contributed by atoms with E-state index in [9.17, 15) is 0 Å². The first-order valence-electron chi connectivity index (χ1n) is 3.85. The summed E-state index contributed by atoms with van der Waals surface area (Å²) in [6, 6.07) is 7.86. The fraction of sp³-hybridized carbons (Fsp3) is 0.333. The lowest BCUT2D eigenvalue weighted by Crippen LogP contribution is -2.33. The van der Waals surface area contributed by atoms with E-state index < -0.39 is 0 Å². The normalized spacial score (nSPS) is 10.3. The van der Waals surface area contributed by atoms with Crippen molar-refractivity contribution in [2.45, 2.75) is 6.92 Å². The highest BCUT2D eigenvalue weighted by Gasteiger charge is 1.92. The number of nitrogens with one attached hydrogen (secondary N) is 1. The van der Waals surface area contributed by atoms with Crippen molar-refractivity contribution in [3.05, 3.63) is 29.8 Å². The van der Waals surface area contributed by atoms with E-state index >= 15 is 0 Å². The number of hydrazine groups is 1. The van der Waals surface area contributed by atoms with E-state index in [1.54, 1.807) is 5.01 Å². The van der Waals surface area contributed by atoms with Gasteiger partial charge in [-0.05, 0) is 19.1 Å². The van der Waals surface area contributed by atoms with Gasteiger partial charge in [0.1, 0.15) is 5.75 Å². The van der Waals surface area contributed by atoms with Gasteiger partial charge < -0.3 is 4.84 Å². The van der Waals surface area contributed by atoms with Crippen LogP contribution in [0.2, 0.25) is 0 Å². The summed E-state index contributed by atoms with van der Waals surface area (Å²) in [6.45, 7) is 2.04. The van der Waals surface area contributed by atoms with Crippen molar-refractivity contribution in [2.75, 3.05) is 14.1 Å². The summed E-state index contributed by atoms with van der Waals surface area (Å²) in [7, 11) is 3.74. The maximum atomic E-state index is 5.20. The van der Waals surface area contributed by atoms with Crippen molar-refractivity contribution in [2.24, 2.45) is 0 Å². The Labute approximate surface area is 72.9 Å². The first kappa shape index (κ1) is 9.03. The molecule has 0 heterocycles. The molecule has 0 amide bonds. The molecule has 0 unspecified atom stereocenters. The lowest BCUT2D eigenvalue weighted by atomic mass is 10.2. The maximum absolute atomic E-state index is 5.20. The van der Waals surface area contributed by atoms with Crippen LogP contribution >= 0.6 is 0 Å². The van der Waals surface area contributed by atoms with Gasteiger partial charge in [0.15, 0.2) is 0 Å². The molecule has 0 fully saturated rings. The van der Waals surface area contributed by atoms with Crippen LogP contribution < -0.4 is 10.4 Å². The molecule has 0 aliphatic carbocycles. The van der Waals surface area contributed by atoms with Crippen molar-refractivity contribution >= 4 is 0 Å². The Bertz CT molecular complexity index is 231. The summed E-state index contributed by atoms with van der Waals surface area (Å²) in [4.78, 5) is 5.20. The number of rotatable bonds is 3. The first-order chi connectivity index (χ1) is 5.68. The van der Waals surface area contributed by atoms with Gasteiger partial charge in [0.2, 0.25) is 0 Å². The predicted molar refractivity (Wildman–Crippen MR) is 48.6 cm³/mol. The number of hydrogen-bond acceptors (Lipinski definition) is 3. The second kappa shape index (κ2) is 4.09. The van der Waals surface area contributed by atoms with Crippen molar-refractivity contribution < 1.29 is 4.84 Å². The molecule has 0 spiro atoms. The van der Waals surface area contributed by atoms with Gasteiger partial charge in [-0.25, -0.2) is 5.01 Å². The summed E-state index contributed by atoms with van der Waals surface area (Å²) in [6.07, 6.45) is 0. The van der Waals surface area contributed by atoms with Gasteiger partial charge in [0.25, 0.3) is 0 Å². The highest BCUT2D eigenvalue weighted by molar-refractivity contribution is 5.25. The van der Waals surface area contributed by atoms with Crippen LogP contribution in [0.3, 0.4) is 0 Å². The lowest BCUT2D eigenvalue weighted by Gasteiger charge is -2.12. The molecule has 0 aliphatic heterocycles. The van der Waals surface area contributed by atoms with E-state index in [0.29, 0.717) is 0 Å². The van der Waals surface area contributed by atoms with Gasteiger partial charge in [-0.2, -0.15) is 0 Å². The van der Waals surface area contributed by atoms with Gasteiger partial charge >= 0.3 is 0 Å². The van der Waals surface area contributed by atoms with E-state index in [-0.39, 0.29) is 0 Å². The highest BCUT2D eigenvalue weighted by Crippen LogP contribution is 2.09. The van der Waals surface area contributed by atoms with Gasteiger partial charge in [0.05, 0.1) is 0 Å². The van der Waals surface area contributed by atoms with Crippen molar-refractivity contribution in [1.29, 1.82) is 0 Å². The molecular weight excluding hydrogens is 152 g/mol. The zero-order valence-electron chi connectivity index (χ0n) is 7.66. The molecule has 0 saturated heterocycles. The molecule has 0 saturated carbocycles. The third kappa shape index (κ3) is 2.90. The Morgan fingerprint density at radius 1 is 1.17 bits per heavy atom. The quantitative estimate of drug-likeness (QED) is 0.686. The number of benzene rings is 1. The van der Waals surface area contributed by atoms with Crippen LogP contribution in [0.4, 0.5) is 0 Å². The van der Waals surface area contributed by atoms with Gasteiger partial charge in [0, 0.05) is 14.1 Å². The van der Waals surface area contributed by atoms with Gasteiger partial charge in [-0.1, -0.05) is 23.3 Å². The summed E-state index contributed by atoms with van der Waals surface area (Å²) in [5.41, 5.74) is 3.94. The highest BCUT2D eigenvalue weighted by atomic mass is 16.7. The zero-order valence-corrected chi connectivity index (χ0v) is 7.66. The molecule has 1 rings (SSSR count). The van der Waals surface area contributed by atoms with E-state index in [1.807, 2.05) is 45.3 Å². The third-order valence-electron chi connectivity index (χ3n) is 1.37. The van der Waals surface area contributed by atoms with Crippen LogP contribution in [-0.2, 0) is 0 Å². The summed E-state index contributed by atoms with van der Waals surface area (Å²) in [5.74, 6) is 0.814. The molecule has 12 heavy (non-hydrogen) atoms. The van der Waals surface area contributed by atoms with Crippen LogP contribution in [0.5, 0.6) is 5.75 Å². The Kier molecular flexibility index (Phi) is 3.08. The molecule has 0 aromatic heterocycles. The van der Waals surface area contributed by atoms with E-state index in [4.69, 9.17) is 4.84 Å². The van der Waals surface area contributed by atoms with E-state index in [1.165, 1.54) is 5.56 Å². The molecule has 3 heteroatoms. The smallest absolute Gasteiger partial charge is 0.149 e. The van der Waals surface area contributed by atoms with Crippen molar-refractivity contribution in [3.8, 4) is 5.75 Å². The van der Waals surface area contributed by atoms with Crippen molar-refractivity contribution in [1.82, 2.24) is 10.6 Å². The molecule has 66 valence electrons. The number of hydrogen-bond donors (Lipinski definition) is 1. The minimum Gasteiger partial charge on any atom is -0.394 e. The molecule has 3 nitrogen and oxygen atoms in total. The van der Waals surface area contributed by atoms with E-state index in [0.717, 1.165) is 5.75 Å². The van der Waals surface area contributed by atoms with Gasteiger partial charge in [-0.3, -0.25) is 0 Å². The van der Waals surface area contributed by atoms with Crippen molar-refractivity contribution in [3.63, 3.8) is 0 Å². The molecule has 1 aromatic carbocycles. The second-order valence-electron chi connectivity index (χ2n) is 2.90. The Morgan fingerprint density at radius 2 is 1.75 bits per heavy atom. The average Bonchev–Trinajstić information content (AvgIpc) is 2.03. The topological polar surface area (TPSA) is 24.5 Å². The van der Waals surface area contributed by atoms with Crippen LogP contribution in [-0.4, -0.2) is 19.1 Å². The number of nitrogens with zero attached hydrogens (tertiary/aromatic N) is 1. The molecule has 0 aliphatic rings. The van der Waals surface area contributed by atoms with Crippen LogP contribution in [0.1, 0.15) is 5.56 Å². The second-order valence-corrected chi connectivity index (χ2v) is 2.90. The molecule has 0 bridgehead atoms. The standard InChI is InChI=1S/C9H14N2O/c1-8-4-6-9(7-5-8)12-10-11(2)3/h4-7,10H,1-3H3. The van der Waals surface area contributed by atoms with Gasteiger partial charge in [-0.15, -0.1) is 0 Å². The van der Waals surface area contributed by atoms with E-state index in [2.05, 4.69) is 5.59 Å². The molecule has 1 aromatic rings. The largest absolute Gasteiger partial charge is 0.394 e. The summed E-state index contributed by atoms with van der Waals surface area (Å²) >= 11 is 0. The van der Waals surface area contributed by atoms with Crippen LogP contribution in [0, 0.1) is 6.92 Å². The Balaban J connectivity index is 2.48. The molecule has 1 N–H and O–H groups in total. The molecular formula is C9H14N2O. The SMILES string of the molecule is Cc1ccc(ONN(C)C)cc1.